The van der Waals surface area contributed by atoms with Crippen molar-refractivity contribution in [1.29, 1.82) is 0 Å². The number of fused-ring (bicyclic) bond motifs is 1. The Morgan fingerprint density at radius 3 is 2.65 bits per heavy atom. The number of rotatable bonds is 1. The highest BCUT2D eigenvalue weighted by molar-refractivity contribution is 6.31. The molecule has 0 N–H and O–H groups in total. The van der Waals surface area contributed by atoms with Crippen LogP contribution in [0, 0.1) is 19.8 Å². The Hall–Kier alpha value is -1.61. The van der Waals surface area contributed by atoms with E-state index in [2.05, 4.69) is 46.1 Å². The van der Waals surface area contributed by atoms with Crippen LogP contribution in [-0.4, -0.2) is 16.5 Å². The van der Waals surface area contributed by atoms with Gasteiger partial charge in [-0.15, -0.1) is 0 Å². The summed E-state index contributed by atoms with van der Waals surface area (Å²) >= 11 is 6.33. The first-order valence-electron chi connectivity index (χ1n) is 6.92. The van der Waals surface area contributed by atoms with Gasteiger partial charge in [-0.1, -0.05) is 36.7 Å². The van der Waals surface area contributed by atoms with Gasteiger partial charge < -0.3 is 4.90 Å². The molecule has 0 spiro atoms. The van der Waals surface area contributed by atoms with Crippen molar-refractivity contribution in [3.05, 3.63) is 46.4 Å². The molecule has 0 aliphatic carbocycles. The van der Waals surface area contributed by atoms with E-state index in [1.165, 1.54) is 11.3 Å². The van der Waals surface area contributed by atoms with Crippen molar-refractivity contribution < 1.29 is 0 Å². The number of aromatic nitrogens is 2. The quantitative estimate of drug-likeness (QED) is 0.791. The Bertz CT molecular complexity index is 654. The first-order chi connectivity index (χ1) is 9.56. The lowest BCUT2D eigenvalue weighted by atomic mass is 9.94. The minimum Gasteiger partial charge on any atom is -0.323 e. The summed E-state index contributed by atoms with van der Waals surface area (Å²) in [4.78, 5) is 11.3. The summed E-state index contributed by atoms with van der Waals surface area (Å²) in [6.45, 7) is 7.09. The number of hydrogen-bond donors (Lipinski definition) is 0. The van der Waals surface area contributed by atoms with Crippen LogP contribution in [-0.2, 0) is 6.42 Å². The van der Waals surface area contributed by atoms with Crippen molar-refractivity contribution >= 4 is 23.1 Å². The number of benzene rings is 1. The molecule has 1 aromatic heterocycles. The largest absolute Gasteiger partial charge is 0.323 e. The predicted molar refractivity (Wildman–Crippen MR) is 82.8 cm³/mol. The van der Waals surface area contributed by atoms with Gasteiger partial charge in [-0.05, 0) is 37.8 Å². The molecule has 20 heavy (non-hydrogen) atoms. The average molecular weight is 288 g/mol. The van der Waals surface area contributed by atoms with Crippen molar-refractivity contribution in [3.63, 3.8) is 0 Å². The van der Waals surface area contributed by atoms with Crippen LogP contribution >= 0.6 is 11.6 Å². The van der Waals surface area contributed by atoms with Gasteiger partial charge in [-0.3, -0.25) is 0 Å². The van der Waals surface area contributed by atoms with Gasteiger partial charge in [0.2, 0.25) is 0 Å². The van der Waals surface area contributed by atoms with E-state index >= 15 is 0 Å². The van der Waals surface area contributed by atoms with Crippen molar-refractivity contribution in [2.24, 2.45) is 5.92 Å². The third-order valence-electron chi connectivity index (χ3n) is 3.85. The highest BCUT2D eigenvalue weighted by Gasteiger charge is 2.25. The van der Waals surface area contributed by atoms with E-state index in [0.717, 1.165) is 30.2 Å². The molecule has 0 amide bonds. The number of aryl methyl sites for hydroxylation is 2. The van der Waals surface area contributed by atoms with Gasteiger partial charge in [0, 0.05) is 12.2 Å². The zero-order valence-corrected chi connectivity index (χ0v) is 12.8. The smallest absolute Gasteiger partial charge is 0.172 e. The van der Waals surface area contributed by atoms with Crippen LogP contribution in [0.2, 0.25) is 5.15 Å². The predicted octanol–water partition coefficient (Wildman–Crippen LogP) is 4.08. The van der Waals surface area contributed by atoms with Crippen molar-refractivity contribution in [2.45, 2.75) is 27.2 Å². The molecule has 0 saturated carbocycles. The summed E-state index contributed by atoms with van der Waals surface area (Å²) in [6.07, 6.45) is 1.10. The lowest BCUT2D eigenvalue weighted by Gasteiger charge is -2.34. The van der Waals surface area contributed by atoms with Crippen LogP contribution < -0.4 is 4.90 Å². The number of para-hydroxylation sites is 1. The van der Waals surface area contributed by atoms with Crippen molar-refractivity contribution in [1.82, 2.24) is 9.97 Å². The fourth-order valence-corrected chi connectivity index (χ4v) is 3.00. The number of halogens is 1. The van der Waals surface area contributed by atoms with E-state index in [0.29, 0.717) is 11.1 Å². The van der Waals surface area contributed by atoms with Crippen molar-refractivity contribution in [2.75, 3.05) is 11.4 Å². The SMILES string of the molecule is Cc1nc(Cl)c(N2CC(C)Cc3ccccc32)nc1C. The third kappa shape index (κ3) is 2.27. The number of nitrogens with zero attached hydrogens (tertiary/aromatic N) is 3. The van der Waals surface area contributed by atoms with E-state index < -0.39 is 0 Å². The maximum absolute atomic E-state index is 6.33. The van der Waals surface area contributed by atoms with Crippen LogP contribution in [0.4, 0.5) is 11.5 Å². The highest BCUT2D eigenvalue weighted by atomic mass is 35.5. The Balaban J connectivity index is 2.13. The van der Waals surface area contributed by atoms with Gasteiger partial charge in [0.05, 0.1) is 11.4 Å². The molecule has 0 saturated heterocycles. The second-order valence-electron chi connectivity index (χ2n) is 5.56. The third-order valence-corrected chi connectivity index (χ3v) is 4.10. The maximum Gasteiger partial charge on any atom is 0.172 e. The molecule has 1 aromatic carbocycles. The summed E-state index contributed by atoms with van der Waals surface area (Å²) in [7, 11) is 0. The fraction of sp³-hybridized carbons (Fsp3) is 0.375. The Labute approximate surface area is 124 Å². The van der Waals surface area contributed by atoms with Crippen LogP contribution in [0.5, 0.6) is 0 Å². The monoisotopic (exact) mass is 287 g/mol. The molecule has 3 nitrogen and oxygen atoms in total. The first-order valence-corrected chi connectivity index (χ1v) is 7.30. The molecule has 104 valence electrons. The van der Waals surface area contributed by atoms with Gasteiger partial charge in [-0.2, -0.15) is 0 Å². The summed E-state index contributed by atoms with van der Waals surface area (Å²) in [5.41, 5.74) is 4.37. The zero-order valence-electron chi connectivity index (χ0n) is 12.0. The van der Waals surface area contributed by atoms with Crippen LogP contribution in [0.15, 0.2) is 24.3 Å². The van der Waals surface area contributed by atoms with Crippen LogP contribution in [0.25, 0.3) is 0 Å². The maximum atomic E-state index is 6.33. The lowest BCUT2D eigenvalue weighted by molar-refractivity contribution is 0.559. The molecule has 1 atom stereocenters. The zero-order chi connectivity index (χ0) is 14.3. The van der Waals surface area contributed by atoms with Crippen LogP contribution in [0.3, 0.4) is 0 Å². The summed E-state index contributed by atoms with van der Waals surface area (Å²) in [5, 5.41) is 0.483. The van der Waals surface area contributed by atoms with Gasteiger partial charge in [0.15, 0.2) is 11.0 Å². The number of anilines is 2. The number of hydrogen-bond acceptors (Lipinski definition) is 3. The topological polar surface area (TPSA) is 29.0 Å². The normalized spacial score (nSPS) is 18.0. The molecule has 0 fully saturated rings. The van der Waals surface area contributed by atoms with E-state index in [1.807, 2.05) is 13.8 Å². The summed E-state index contributed by atoms with van der Waals surface area (Å²) in [6, 6.07) is 8.46. The minimum atomic E-state index is 0.483. The second-order valence-corrected chi connectivity index (χ2v) is 5.92. The fourth-order valence-electron chi connectivity index (χ4n) is 2.73. The molecule has 0 bridgehead atoms. The molecular weight excluding hydrogens is 270 g/mol. The Morgan fingerprint density at radius 1 is 1.15 bits per heavy atom. The average Bonchev–Trinajstić information content (AvgIpc) is 2.42. The van der Waals surface area contributed by atoms with Gasteiger partial charge in [-0.25, -0.2) is 9.97 Å². The highest BCUT2D eigenvalue weighted by Crippen LogP contribution is 2.37. The molecule has 1 aliphatic rings. The molecule has 1 aliphatic heterocycles. The molecule has 2 heterocycles. The van der Waals surface area contributed by atoms with E-state index in [4.69, 9.17) is 11.6 Å². The standard InChI is InChI=1S/C16H18ClN3/c1-10-8-13-6-4-5-7-14(13)20(9-10)16-15(17)18-11(2)12(3)19-16/h4-7,10H,8-9H2,1-3H3. The first kappa shape index (κ1) is 13.4. The molecule has 4 heteroatoms. The lowest BCUT2D eigenvalue weighted by Crippen LogP contribution is -2.31. The van der Waals surface area contributed by atoms with E-state index in [-0.39, 0.29) is 0 Å². The second kappa shape index (κ2) is 5.06. The van der Waals surface area contributed by atoms with Gasteiger partial charge in [0.25, 0.3) is 0 Å². The minimum absolute atomic E-state index is 0.483. The molecular formula is C16H18ClN3. The molecule has 0 radical (unpaired) electrons. The summed E-state index contributed by atoms with van der Waals surface area (Å²) < 4.78 is 0. The Kier molecular flexibility index (Phi) is 3.38. The van der Waals surface area contributed by atoms with Gasteiger partial charge in [0.1, 0.15) is 0 Å². The molecule has 3 rings (SSSR count). The molecule has 1 unspecified atom stereocenters. The van der Waals surface area contributed by atoms with Crippen molar-refractivity contribution in [3.8, 4) is 0 Å². The summed E-state index contributed by atoms with van der Waals surface area (Å²) in [5.74, 6) is 1.35. The van der Waals surface area contributed by atoms with E-state index in [1.54, 1.807) is 0 Å². The van der Waals surface area contributed by atoms with Gasteiger partial charge >= 0.3 is 0 Å². The Morgan fingerprint density at radius 2 is 1.85 bits per heavy atom. The van der Waals surface area contributed by atoms with E-state index in [9.17, 15) is 0 Å². The molecule has 2 aromatic rings. The van der Waals surface area contributed by atoms with Crippen LogP contribution in [0.1, 0.15) is 23.9 Å².